The van der Waals surface area contributed by atoms with Gasteiger partial charge in [0.25, 0.3) is 6.71 Å². The van der Waals surface area contributed by atoms with E-state index in [1.54, 1.807) is 0 Å². The van der Waals surface area contributed by atoms with Crippen LogP contribution in [-0.4, -0.2) is 6.71 Å². The molecule has 6 aromatic carbocycles. The molecule has 3 heterocycles. The lowest BCUT2D eigenvalue weighted by atomic mass is 9.36. The van der Waals surface area contributed by atoms with Crippen LogP contribution in [0.5, 0.6) is 0 Å². The normalized spacial score (nSPS) is 18.5. The van der Waals surface area contributed by atoms with E-state index in [0.29, 0.717) is 0 Å². The average molecular weight is 857 g/mol. The number of hydrogen-bond acceptors (Lipinski definition) is 3. The molecule has 0 N–H and O–H groups in total. The summed E-state index contributed by atoms with van der Waals surface area (Å²) in [7, 11) is 0. The molecule has 0 unspecified atom stereocenters. The maximum absolute atomic E-state index is 2.70. The lowest BCUT2D eigenvalue weighted by molar-refractivity contribution is 0.332. The molecule has 0 bridgehead atoms. The summed E-state index contributed by atoms with van der Waals surface area (Å²) in [4.78, 5) is 5.39. The Labute approximate surface area is 387 Å². The quantitative estimate of drug-likeness (QED) is 0.163. The molecule has 4 heteroatoms. The Kier molecular flexibility index (Phi) is 8.94. The van der Waals surface area contributed by atoms with Gasteiger partial charge in [0, 0.05) is 43.3 Å². The molecular weight excluding hydrogens is 792 g/mol. The van der Waals surface area contributed by atoms with Gasteiger partial charge in [-0.25, -0.2) is 0 Å². The van der Waals surface area contributed by atoms with Gasteiger partial charge < -0.3 is 9.80 Å². The highest BCUT2D eigenvalue weighted by atomic mass is 32.1. The molecule has 11 rings (SSSR count). The number of thiophene rings is 1. The van der Waals surface area contributed by atoms with Crippen LogP contribution in [0.2, 0.25) is 0 Å². The van der Waals surface area contributed by atoms with Gasteiger partial charge in [0.15, 0.2) is 0 Å². The Bertz CT molecular complexity index is 3080. The van der Waals surface area contributed by atoms with Crippen LogP contribution in [0.15, 0.2) is 109 Å². The van der Waals surface area contributed by atoms with Crippen molar-refractivity contribution >= 4 is 78.0 Å². The summed E-state index contributed by atoms with van der Waals surface area (Å²) in [6.45, 7) is 31.5. The van der Waals surface area contributed by atoms with Gasteiger partial charge >= 0.3 is 0 Å². The van der Waals surface area contributed by atoms with Crippen LogP contribution in [-0.2, 0) is 27.1 Å². The van der Waals surface area contributed by atoms with Crippen LogP contribution in [0.3, 0.4) is 0 Å². The van der Waals surface area contributed by atoms with E-state index in [4.69, 9.17) is 0 Å². The molecule has 2 nitrogen and oxygen atoms in total. The zero-order valence-electron chi connectivity index (χ0n) is 40.6. The fourth-order valence-electron chi connectivity index (χ4n) is 12.1. The van der Waals surface area contributed by atoms with Crippen molar-refractivity contribution in [3.63, 3.8) is 0 Å². The topological polar surface area (TPSA) is 6.48 Å². The fourth-order valence-corrected chi connectivity index (χ4v) is 13.4. The second-order valence-corrected chi connectivity index (χ2v) is 24.8. The first-order valence-electron chi connectivity index (χ1n) is 24.0. The summed E-state index contributed by atoms with van der Waals surface area (Å²) >= 11 is 2.01. The van der Waals surface area contributed by atoms with Crippen LogP contribution in [0.25, 0.3) is 21.2 Å². The summed E-state index contributed by atoms with van der Waals surface area (Å²) in [6, 6.07) is 43.4. The van der Waals surface area contributed by atoms with E-state index in [-0.39, 0.29) is 33.8 Å². The van der Waals surface area contributed by atoms with Gasteiger partial charge in [0.05, 0.1) is 5.69 Å². The van der Waals surface area contributed by atoms with Crippen molar-refractivity contribution in [2.45, 2.75) is 143 Å². The average Bonchev–Trinajstić information content (AvgIpc) is 3.62. The summed E-state index contributed by atoms with van der Waals surface area (Å²) in [5.41, 5.74) is 23.6. The monoisotopic (exact) mass is 856 g/mol. The molecule has 0 atom stereocenters. The molecule has 0 fully saturated rings. The second-order valence-electron chi connectivity index (χ2n) is 23.7. The zero-order valence-corrected chi connectivity index (χ0v) is 41.4. The van der Waals surface area contributed by atoms with Crippen molar-refractivity contribution in [2.24, 2.45) is 0 Å². The highest BCUT2D eigenvalue weighted by Crippen LogP contribution is 2.54. The molecule has 0 amide bonds. The van der Waals surface area contributed by atoms with Crippen LogP contribution in [0.4, 0.5) is 34.1 Å². The Hall–Kier alpha value is -5.06. The van der Waals surface area contributed by atoms with Gasteiger partial charge in [-0.15, -0.1) is 11.3 Å². The Morgan fingerprint density at radius 3 is 1.80 bits per heavy atom. The number of nitrogens with zero attached hydrogens (tertiary/aromatic N) is 2. The van der Waals surface area contributed by atoms with Gasteiger partial charge in [-0.2, -0.15) is 0 Å². The van der Waals surface area contributed by atoms with Gasteiger partial charge in [-0.05, 0) is 176 Å². The Morgan fingerprint density at radius 1 is 0.531 bits per heavy atom. The maximum atomic E-state index is 2.70. The third-order valence-corrected chi connectivity index (χ3v) is 17.5. The largest absolute Gasteiger partial charge is 0.311 e. The molecule has 7 aromatic rings. The zero-order chi connectivity index (χ0) is 45.0. The van der Waals surface area contributed by atoms with Crippen molar-refractivity contribution < 1.29 is 0 Å². The first-order valence-corrected chi connectivity index (χ1v) is 24.8. The molecule has 0 radical (unpaired) electrons. The van der Waals surface area contributed by atoms with Crippen molar-refractivity contribution in [3.8, 4) is 11.1 Å². The molecule has 0 saturated heterocycles. The smallest absolute Gasteiger partial charge is 0.264 e. The molecule has 0 saturated carbocycles. The van der Waals surface area contributed by atoms with Crippen molar-refractivity contribution in [1.29, 1.82) is 0 Å². The van der Waals surface area contributed by atoms with E-state index < -0.39 is 0 Å². The third kappa shape index (κ3) is 6.17. The summed E-state index contributed by atoms with van der Waals surface area (Å²) in [6.07, 6.45) is 4.77. The summed E-state index contributed by atoms with van der Waals surface area (Å²) in [5, 5.41) is 1.36. The van der Waals surface area contributed by atoms with Gasteiger partial charge in [0.2, 0.25) is 0 Å². The molecule has 1 aromatic heterocycles. The maximum Gasteiger partial charge on any atom is 0.264 e. The molecule has 2 aliphatic carbocycles. The van der Waals surface area contributed by atoms with Crippen LogP contribution >= 0.6 is 11.3 Å². The second kappa shape index (κ2) is 13.7. The van der Waals surface area contributed by atoms with Crippen LogP contribution in [0, 0.1) is 13.8 Å². The lowest BCUT2D eigenvalue weighted by Crippen LogP contribution is -2.60. The van der Waals surface area contributed by atoms with Crippen molar-refractivity contribution in [2.75, 3.05) is 9.80 Å². The summed E-state index contributed by atoms with van der Waals surface area (Å²) < 4.78 is 2.79. The molecule has 2 aliphatic heterocycles. The molecule has 4 aliphatic rings. The Morgan fingerprint density at radius 2 is 1.14 bits per heavy atom. The first-order chi connectivity index (χ1) is 30.1. The number of anilines is 6. The number of rotatable bonds is 3. The van der Waals surface area contributed by atoms with E-state index in [2.05, 4.69) is 209 Å². The minimum Gasteiger partial charge on any atom is -0.311 e. The Balaban J connectivity index is 1.25. The number of hydrogen-bond donors (Lipinski definition) is 0. The minimum atomic E-state index is 0.0217. The van der Waals surface area contributed by atoms with E-state index in [1.165, 1.54) is 136 Å². The molecule has 0 spiro atoms. The molecule has 64 heavy (non-hydrogen) atoms. The van der Waals surface area contributed by atoms with E-state index in [1.807, 2.05) is 11.3 Å². The van der Waals surface area contributed by atoms with Crippen LogP contribution < -0.4 is 25.5 Å². The van der Waals surface area contributed by atoms with E-state index in [9.17, 15) is 0 Å². The third-order valence-electron chi connectivity index (χ3n) is 16.3. The first kappa shape index (κ1) is 41.6. The fraction of sp³-hybridized carbons (Fsp3) is 0.367. The summed E-state index contributed by atoms with van der Waals surface area (Å²) in [5.74, 6) is 0. The highest BCUT2D eigenvalue weighted by Gasteiger charge is 2.47. The van der Waals surface area contributed by atoms with Gasteiger partial charge in [-0.1, -0.05) is 137 Å². The van der Waals surface area contributed by atoms with E-state index in [0.717, 1.165) is 0 Å². The predicted octanol–water partition coefficient (Wildman–Crippen LogP) is 15.3. The lowest BCUT2D eigenvalue weighted by Gasteiger charge is -2.46. The molecular formula is C60H65BN2S. The standard InChI is InChI=1S/C60H65BN2S/c1-36-29-50-53-51(30-36)63(48-35-46-44(31-37(48)2)58(8,9)27-28-60(46,12)13)49-32-39(38-17-15-14-16-18-38)19-23-47(49)61(53)55-54(42-33-40(56(3,4)5)20-24-52(42)64-55)62(50)41-21-22-43-45(34-41)59(10,11)26-25-57(43,6)7/h14-24,29-35H,25-28H2,1-13H3. The number of fused-ring (bicyclic) bond motifs is 8. The van der Waals surface area contributed by atoms with Crippen molar-refractivity contribution in [1.82, 2.24) is 0 Å². The van der Waals surface area contributed by atoms with Gasteiger partial charge in [0.1, 0.15) is 0 Å². The van der Waals surface area contributed by atoms with Gasteiger partial charge in [-0.3, -0.25) is 0 Å². The number of benzene rings is 6. The minimum absolute atomic E-state index is 0.0217. The van der Waals surface area contributed by atoms with Crippen molar-refractivity contribution in [3.05, 3.63) is 148 Å². The number of aryl methyl sites for hydroxylation is 2. The SMILES string of the molecule is Cc1cc2c3c(c1)N(c1ccc4c(c1)C(C)(C)CCC4(C)C)c1c(sc4ccc(C(C)(C)C)cc14)B3c1ccc(-c3ccccc3)cc1N2c1cc2c(cc1C)C(C)(C)CCC2(C)C. The van der Waals surface area contributed by atoms with Crippen LogP contribution in [0.1, 0.15) is 141 Å². The van der Waals surface area contributed by atoms with E-state index >= 15 is 0 Å². The molecule has 324 valence electrons. The highest BCUT2D eigenvalue weighted by molar-refractivity contribution is 7.33. The predicted molar refractivity (Wildman–Crippen MR) is 280 cm³/mol.